The molecule has 0 atom stereocenters. The monoisotopic (exact) mass is 300 g/mol. The van der Waals surface area contributed by atoms with Gasteiger partial charge in [0.25, 0.3) is 0 Å². The third-order valence-electron chi connectivity index (χ3n) is 2.44. The van der Waals surface area contributed by atoms with E-state index in [1.807, 2.05) is 26.0 Å². The van der Waals surface area contributed by atoms with Crippen LogP contribution in [0.15, 0.2) is 22.7 Å². The van der Waals surface area contributed by atoms with Crippen molar-refractivity contribution in [3.05, 3.63) is 28.2 Å². The summed E-state index contributed by atoms with van der Waals surface area (Å²) in [7, 11) is 0. The molecule has 0 bridgehead atoms. The van der Waals surface area contributed by atoms with Gasteiger partial charge in [0.2, 0.25) is 0 Å². The number of rotatable bonds is 5. The molecule has 0 aliphatic carbocycles. The van der Waals surface area contributed by atoms with Gasteiger partial charge in [-0.3, -0.25) is 4.90 Å². The lowest BCUT2D eigenvalue weighted by Gasteiger charge is -2.28. The number of hydrogen-bond acceptors (Lipinski definition) is 3. The van der Waals surface area contributed by atoms with Crippen LogP contribution in [0.3, 0.4) is 0 Å². The second-order valence-electron chi connectivity index (χ2n) is 5.01. The lowest BCUT2D eigenvalue weighted by molar-refractivity contribution is 0.0353. The van der Waals surface area contributed by atoms with Crippen molar-refractivity contribution in [1.29, 1.82) is 0 Å². The van der Waals surface area contributed by atoms with E-state index in [4.69, 9.17) is 5.73 Å². The van der Waals surface area contributed by atoms with Crippen LogP contribution in [0.4, 0.5) is 5.69 Å². The average molecular weight is 301 g/mol. The van der Waals surface area contributed by atoms with E-state index >= 15 is 0 Å². The van der Waals surface area contributed by atoms with E-state index in [2.05, 4.69) is 33.8 Å². The molecule has 3 nitrogen and oxygen atoms in total. The highest BCUT2D eigenvalue weighted by Gasteiger charge is 2.17. The number of anilines is 1. The maximum atomic E-state index is 9.83. The maximum Gasteiger partial charge on any atom is 0.0718 e. The Morgan fingerprint density at radius 3 is 2.47 bits per heavy atom. The van der Waals surface area contributed by atoms with Gasteiger partial charge < -0.3 is 10.8 Å². The Morgan fingerprint density at radius 2 is 2.00 bits per heavy atom. The Labute approximate surface area is 112 Å². The molecule has 4 heteroatoms. The maximum absolute atomic E-state index is 9.83. The molecule has 0 saturated carbocycles. The number of nitrogens with zero attached hydrogens (tertiary/aromatic N) is 1. The lowest BCUT2D eigenvalue weighted by Crippen LogP contribution is -2.38. The molecular formula is C13H21BrN2O. The highest BCUT2D eigenvalue weighted by molar-refractivity contribution is 9.10. The summed E-state index contributed by atoms with van der Waals surface area (Å²) in [5.74, 6) is 0. The number of likely N-dealkylation sites (N-methyl/N-ethyl adjacent to an activating group) is 1. The minimum atomic E-state index is -0.673. The van der Waals surface area contributed by atoms with E-state index in [1.54, 1.807) is 0 Å². The zero-order valence-corrected chi connectivity index (χ0v) is 12.3. The van der Waals surface area contributed by atoms with Gasteiger partial charge in [-0.05, 0) is 44.2 Å². The number of hydrogen-bond donors (Lipinski definition) is 2. The first-order valence-corrected chi connectivity index (χ1v) is 6.59. The fraction of sp³-hybridized carbons (Fsp3) is 0.538. The Hall–Kier alpha value is -0.580. The molecule has 0 unspecified atom stereocenters. The van der Waals surface area contributed by atoms with Gasteiger partial charge >= 0.3 is 0 Å². The van der Waals surface area contributed by atoms with Crippen molar-refractivity contribution in [2.45, 2.75) is 32.9 Å². The van der Waals surface area contributed by atoms with Crippen LogP contribution in [-0.4, -0.2) is 28.7 Å². The van der Waals surface area contributed by atoms with Crippen molar-refractivity contribution >= 4 is 21.6 Å². The number of aliphatic hydroxyl groups is 1. The summed E-state index contributed by atoms with van der Waals surface area (Å²) in [6.07, 6.45) is 0. The molecule has 0 saturated heterocycles. The van der Waals surface area contributed by atoms with E-state index < -0.39 is 5.60 Å². The van der Waals surface area contributed by atoms with Crippen molar-refractivity contribution in [3.8, 4) is 0 Å². The third kappa shape index (κ3) is 5.52. The molecule has 0 radical (unpaired) electrons. The van der Waals surface area contributed by atoms with E-state index in [0.29, 0.717) is 6.54 Å². The number of benzene rings is 1. The molecule has 3 N–H and O–H groups in total. The molecule has 0 heterocycles. The molecule has 0 amide bonds. The van der Waals surface area contributed by atoms with Crippen LogP contribution in [0.2, 0.25) is 0 Å². The minimum Gasteiger partial charge on any atom is -0.399 e. The van der Waals surface area contributed by atoms with Crippen LogP contribution >= 0.6 is 15.9 Å². The van der Waals surface area contributed by atoms with Crippen LogP contribution in [0, 0.1) is 0 Å². The Bertz CT molecular complexity index is 354. The normalized spacial score (nSPS) is 12.1. The van der Waals surface area contributed by atoms with Gasteiger partial charge in [-0.1, -0.05) is 22.9 Å². The van der Waals surface area contributed by atoms with Crippen molar-refractivity contribution < 1.29 is 5.11 Å². The molecule has 0 fully saturated rings. The highest BCUT2D eigenvalue weighted by Crippen LogP contribution is 2.19. The average Bonchev–Trinajstić information content (AvgIpc) is 2.12. The molecule has 0 aliphatic rings. The zero-order chi connectivity index (χ0) is 13.1. The summed E-state index contributed by atoms with van der Waals surface area (Å²) < 4.78 is 0.992. The Kier molecular flexibility index (Phi) is 4.98. The summed E-state index contributed by atoms with van der Waals surface area (Å²) in [5, 5.41) is 9.83. The quantitative estimate of drug-likeness (QED) is 0.822. The zero-order valence-electron chi connectivity index (χ0n) is 10.7. The summed E-state index contributed by atoms with van der Waals surface area (Å²) in [6, 6.07) is 5.91. The van der Waals surface area contributed by atoms with Crippen LogP contribution in [0.25, 0.3) is 0 Å². The van der Waals surface area contributed by atoms with Gasteiger partial charge in [-0.15, -0.1) is 0 Å². The fourth-order valence-electron chi connectivity index (χ4n) is 1.85. The number of halogens is 1. The van der Waals surface area contributed by atoms with E-state index in [1.165, 1.54) is 0 Å². The summed E-state index contributed by atoms with van der Waals surface area (Å²) >= 11 is 3.44. The molecule has 1 aromatic carbocycles. The summed E-state index contributed by atoms with van der Waals surface area (Å²) in [6.45, 7) is 8.08. The number of nitrogens with two attached hydrogens (primary N) is 1. The lowest BCUT2D eigenvalue weighted by atomic mass is 10.1. The first-order valence-electron chi connectivity index (χ1n) is 5.80. The number of nitrogen functional groups attached to an aromatic ring is 1. The topological polar surface area (TPSA) is 49.5 Å². The minimum absolute atomic E-state index is 0.649. The van der Waals surface area contributed by atoms with Crippen molar-refractivity contribution in [3.63, 3.8) is 0 Å². The van der Waals surface area contributed by atoms with Gasteiger partial charge in [-0.2, -0.15) is 0 Å². The first kappa shape index (κ1) is 14.5. The highest BCUT2D eigenvalue weighted by atomic mass is 79.9. The second-order valence-corrected chi connectivity index (χ2v) is 5.92. The SMILES string of the molecule is CCN(Cc1cc(N)cc(Br)c1)CC(C)(C)O. The van der Waals surface area contributed by atoms with Crippen LogP contribution in [0.1, 0.15) is 26.3 Å². The molecule has 1 rings (SSSR count). The molecule has 0 aromatic heterocycles. The molecule has 0 spiro atoms. The van der Waals surface area contributed by atoms with E-state index in [0.717, 1.165) is 28.8 Å². The van der Waals surface area contributed by atoms with E-state index in [-0.39, 0.29) is 0 Å². The van der Waals surface area contributed by atoms with Gasteiger partial charge in [0.15, 0.2) is 0 Å². The second kappa shape index (κ2) is 5.85. The van der Waals surface area contributed by atoms with Crippen LogP contribution < -0.4 is 5.73 Å². The van der Waals surface area contributed by atoms with Crippen molar-refractivity contribution in [1.82, 2.24) is 4.90 Å². The van der Waals surface area contributed by atoms with E-state index in [9.17, 15) is 5.11 Å². The Morgan fingerprint density at radius 1 is 1.35 bits per heavy atom. The standard InChI is InChI=1S/C13H21BrN2O/c1-4-16(9-13(2,3)17)8-10-5-11(14)7-12(15)6-10/h5-7,17H,4,8-9,15H2,1-3H3. The van der Waals surface area contributed by atoms with Crippen LogP contribution in [-0.2, 0) is 6.54 Å². The Balaban J connectivity index is 2.73. The largest absolute Gasteiger partial charge is 0.399 e. The van der Waals surface area contributed by atoms with Gasteiger partial charge in [0, 0.05) is 23.2 Å². The molecule has 0 aliphatic heterocycles. The first-order chi connectivity index (χ1) is 7.80. The van der Waals surface area contributed by atoms with Gasteiger partial charge in [-0.25, -0.2) is 0 Å². The van der Waals surface area contributed by atoms with Gasteiger partial charge in [0.1, 0.15) is 0 Å². The summed E-state index contributed by atoms with van der Waals surface area (Å²) in [4.78, 5) is 2.20. The predicted octanol–water partition coefficient (Wildman–Crippen LogP) is 2.62. The molecular weight excluding hydrogens is 280 g/mol. The third-order valence-corrected chi connectivity index (χ3v) is 2.90. The molecule has 17 heavy (non-hydrogen) atoms. The smallest absolute Gasteiger partial charge is 0.0718 e. The fourth-order valence-corrected chi connectivity index (χ4v) is 2.41. The summed E-state index contributed by atoms with van der Waals surface area (Å²) in [5.41, 5.74) is 7.05. The van der Waals surface area contributed by atoms with Gasteiger partial charge in [0.05, 0.1) is 5.60 Å². The van der Waals surface area contributed by atoms with Crippen molar-refractivity contribution in [2.24, 2.45) is 0 Å². The predicted molar refractivity (Wildman–Crippen MR) is 75.8 cm³/mol. The van der Waals surface area contributed by atoms with Crippen LogP contribution in [0.5, 0.6) is 0 Å². The van der Waals surface area contributed by atoms with Crippen molar-refractivity contribution in [2.75, 3.05) is 18.8 Å². The molecule has 96 valence electrons. The molecule has 1 aromatic rings.